The van der Waals surface area contributed by atoms with Crippen molar-refractivity contribution >= 4 is 21.6 Å². The number of nitrogens with two attached hydrogens (primary N) is 1. The predicted octanol–water partition coefficient (Wildman–Crippen LogP) is 5.26. The summed E-state index contributed by atoms with van der Waals surface area (Å²) in [5.41, 5.74) is 9.14. The van der Waals surface area contributed by atoms with Crippen LogP contribution >= 0.6 is 15.9 Å². The van der Waals surface area contributed by atoms with Gasteiger partial charge in [0.1, 0.15) is 11.5 Å². The molecule has 0 spiro atoms. The van der Waals surface area contributed by atoms with E-state index in [-0.39, 0.29) is 0 Å². The van der Waals surface area contributed by atoms with Crippen LogP contribution < -0.4 is 10.5 Å². The van der Waals surface area contributed by atoms with E-state index in [0.29, 0.717) is 17.4 Å². The number of halogens is 1. The molecule has 3 heteroatoms. The maximum Gasteiger partial charge on any atom is 0.150 e. The van der Waals surface area contributed by atoms with Gasteiger partial charge in [-0.15, -0.1) is 0 Å². The van der Waals surface area contributed by atoms with E-state index in [0.717, 1.165) is 10.2 Å². The van der Waals surface area contributed by atoms with E-state index >= 15 is 0 Å². The molecule has 0 fully saturated rings. The minimum Gasteiger partial charge on any atom is -0.455 e. The molecule has 0 aliphatic carbocycles. The largest absolute Gasteiger partial charge is 0.455 e. The van der Waals surface area contributed by atoms with Gasteiger partial charge in [-0.2, -0.15) is 0 Å². The van der Waals surface area contributed by atoms with E-state index in [1.807, 2.05) is 24.3 Å². The van der Waals surface area contributed by atoms with E-state index < -0.39 is 0 Å². The third-order valence-electron chi connectivity index (χ3n) is 3.06. The average Bonchev–Trinajstić information content (AvgIpc) is 2.32. The second kappa shape index (κ2) is 5.66. The minimum atomic E-state index is 0.520. The highest BCUT2D eigenvalue weighted by Gasteiger charge is 2.07. The molecule has 0 unspecified atom stereocenters. The average molecular weight is 320 g/mol. The van der Waals surface area contributed by atoms with E-state index in [4.69, 9.17) is 10.5 Å². The molecule has 0 atom stereocenters. The Morgan fingerprint density at radius 1 is 1.11 bits per heavy atom. The van der Waals surface area contributed by atoms with Crippen LogP contribution in [0.4, 0.5) is 5.69 Å². The lowest BCUT2D eigenvalue weighted by Gasteiger charge is -2.13. The molecule has 2 nitrogen and oxygen atoms in total. The topological polar surface area (TPSA) is 35.2 Å². The van der Waals surface area contributed by atoms with Crippen molar-refractivity contribution in [1.29, 1.82) is 0 Å². The van der Waals surface area contributed by atoms with Crippen molar-refractivity contribution in [2.75, 3.05) is 5.73 Å². The Morgan fingerprint density at radius 3 is 2.42 bits per heavy atom. The van der Waals surface area contributed by atoms with Crippen LogP contribution in [0.2, 0.25) is 0 Å². The van der Waals surface area contributed by atoms with E-state index in [1.54, 1.807) is 0 Å². The van der Waals surface area contributed by atoms with Crippen molar-refractivity contribution in [3.8, 4) is 11.5 Å². The van der Waals surface area contributed by atoms with Crippen molar-refractivity contribution in [3.05, 3.63) is 52.0 Å². The van der Waals surface area contributed by atoms with Crippen LogP contribution in [-0.4, -0.2) is 0 Å². The highest BCUT2D eigenvalue weighted by atomic mass is 79.9. The maximum atomic E-state index is 5.93. The third kappa shape index (κ3) is 3.29. The predicted molar refractivity (Wildman–Crippen MR) is 83.9 cm³/mol. The molecule has 100 valence electrons. The van der Waals surface area contributed by atoms with Gasteiger partial charge in [0.25, 0.3) is 0 Å². The van der Waals surface area contributed by atoms with Gasteiger partial charge in [-0.05, 0) is 54.3 Å². The fraction of sp³-hybridized carbons (Fsp3) is 0.250. The smallest absolute Gasteiger partial charge is 0.150 e. The summed E-state index contributed by atoms with van der Waals surface area (Å²) in [5, 5.41) is 0. The molecule has 0 radical (unpaired) electrons. The summed E-state index contributed by atoms with van der Waals surface area (Å²) in [6, 6.07) is 11.8. The van der Waals surface area contributed by atoms with Crippen LogP contribution in [0, 0.1) is 6.92 Å². The number of benzene rings is 2. The van der Waals surface area contributed by atoms with Gasteiger partial charge in [0, 0.05) is 4.47 Å². The Bertz CT molecular complexity index is 593. The molecule has 0 heterocycles. The zero-order chi connectivity index (χ0) is 14.0. The molecule has 2 aromatic carbocycles. The van der Waals surface area contributed by atoms with E-state index in [1.165, 1.54) is 11.1 Å². The molecular formula is C16H18BrNO. The first-order valence-corrected chi connectivity index (χ1v) is 7.10. The van der Waals surface area contributed by atoms with Crippen molar-refractivity contribution < 1.29 is 4.74 Å². The van der Waals surface area contributed by atoms with Crippen molar-refractivity contribution in [1.82, 2.24) is 0 Å². The second-order valence-corrected chi connectivity index (χ2v) is 5.87. The first kappa shape index (κ1) is 13.9. The Hall–Kier alpha value is -1.48. The number of hydrogen-bond donors (Lipinski definition) is 1. The summed E-state index contributed by atoms with van der Waals surface area (Å²) >= 11 is 3.38. The number of nitrogen functional groups attached to an aromatic ring is 1. The molecule has 0 saturated heterocycles. The van der Waals surface area contributed by atoms with E-state index in [2.05, 4.69) is 48.8 Å². The van der Waals surface area contributed by atoms with Gasteiger partial charge in [0.15, 0.2) is 0 Å². The molecular weight excluding hydrogens is 302 g/mol. The van der Waals surface area contributed by atoms with Gasteiger partial charge < -0.3 is 10.5 Å². The number of ether oxygens (including phenoxy) is 1. The highest BCUT2D eigenvalue weighted by Crippen LogP contribution is 2.31. The summed E-state index contributed by atoms with van der Waals surface area (Å²) in [6.07, 6.45) is 0. The quantitative estimate of drug-likeness (QED) is 0.783. The molecule has 2 N–H and O–H groups in total. The van der Waals surface area contributed by atoms with Gasteiger partial charge in [-0.25, -0.2) is 0 Å². The van der Waals surface area contributed by atoms with Crippen molar-refractivity contribution in [3.63, 3.8) is 0 Å². The first-order chi connectivity index (χ1) is 8.97. The van der Waals surface area contributed by atoms with Crippen LogP contribution in [0.25, 0.3) is 0 Å². The minimum absolute atomic E-state index is 0.520. The Morgan fingerprint density at radius 2 is 1.84 bits per heavy atom. The zero-order valence-corrected chi connectivity index (χ0v) is 13.0. The number of hydrogen-bond acceptors (Lipinski definition) is 2. The Labute approximate surface area is 122 Å². The summed E-state index contributed by atoms with van der Waals surface area (Å²) in [4.78, 5) is 0. The summed E-state index contributed by atoms with van der Waals surface area (Å²) < 4.78 is 6.78. The number of rotatable bonds is 3. The van der Waals surface area contributed by atoms with Gasteiger partial charge in [-0.1, -0.05) is 35.8 Å². The molecule has 0 saturated carbocycles. The fourth-order valence-corrected chi connectivity index (χ4v) is 2.48. The van der Waals surface area contributed by atoms with Gasteiger partial charge in [0.05, 0.1) is 5.69 Å². The number of anilines is 1. The standard InChI is InChI=1S/C16H18BrNO/c1-10(2)14-6-5-13(8-11(14)3)19-16-7-4-12(17)9-15(16)18/h4-10H,18H2,1-3H3. The van der Waals surface area contributed by atoms with Crippen LogP contribution in [-0.2, 0) is 0 Å². The lowest BCUT2D eigenvalue weighted by molar-refractivity contribution is 0.484. The first-order valence-electron chi connectivity index (χ1n) is 6.31. The highest BCUT2D eigenvalue weighted by molar-refractivity contribution is 9.10. The van der Waals surface area contributed by atoms with Crippen molar-refractivity contribution in [2.24, 2.45) is 0 Å². The summed E-state index contributed by atoms with van der Waals surface area (Å²) in [6.45, 7) is 6.48. The molecule has 19 heavy (non-hydrogen) atoms. The SMILES string of the molecule is Cc1cc(Oc2ccc(Br)cc2N)ccc1C(C)C. The Kier molecular flexibility index (Phi) is 4.15. The van der Waals surface area contributed by atoms with Crippen LogP contribution in [0.5, 0.6) is 11.5 Å². The maximum absolute atomic E-state index is 5.93. The monoisotopic (exact) mass is 319 g/mol. The fourth-order valence-electron chi connectivity index (χ4n) is 2.10. The zero-order valence-electron chi connectivity index (χ0n) is 11.4. The molecule has 2 aromatic rings. The van der Waals surface area contributed by atoms with Gasteiger partial charge in [0.2, 0.25) is 0 Å². The van der Waals surface area contributed by atoms with Crippen LogP contribution in [0.3, 0.4) is 0 Å². The lowest BCUT2D eigenvalue weighted by Crippen LogP contribution is -1.95. The molecule has 0 aliphatic rings. The van der Waals surface area contributed by atoms with Gasteiger partial charge >= 0.3 is 0 Å². The molecule has 0 aliphatic heterocycles. The summed E-state index contributed by atoms with van der Waals surface area (Å²) in [5.74, 6) is 2.02. The summed E-state index contributed by atoms with van der Waals surface area (Å²) in [7, 11) is 0. The van der Waals surface area contributed by atoms with Crippen molar-refractivity contribution in [2.45, 2.75) is 26.7 Å². The molecule has 2 rings (SSSR count). The number of aryl methyl sites for hydroxylation is 1. The van der Waals surface area contributed by atoms with Crippen LogP contribution in [0.15, 0.2) is 40.9 Å². The normalized spacial score (nSPS) is 10.8. The van der Waals surface area contributed by atoms with Crippen LogP contribution in [0.1, 0.15) is 30.9 Å². The second-order valence-electron chi connectivity index (χ2n) is 4.96. The Balaban J connectivity index is 2.26. The third-order valence-corrected chi connectivity index (χ3v) is 3.56. The van der Waals surface area contributed by atoms with E-state index in [9.17, 15) is 0 Å². The lowest BCUT2D eigenvalue weighted by atomic mass is 9.98. The molecule has 0 amide bonds. The van der Waals surface area contributed by atoms with Gasteiger partial charge in [-0.3, -0.25) is 0 Å². The molecule has 0 aromatic heterocycles. The molecule has 0 bridgehead atoms.